The van der Waals surface area contributed by atoms with Crippen molar-refractivity contribution in [1.82, 2.24) is 0 Å². The Hall–Kier alpha value is -2.47. The first-order valence-corrected chi connectivity index (χ1v) is 8.75. The van der Waals surface area contributed by atoms with E-state index in [1.165, 1.54) is 0 Å². The summed E-state index contributed by atoms with van der Waals surface area (Å²) < 4.78 is 24.0. The molecule has 0 heterocycles. The molecule has 2 N–H and O–H groups in total. The Kier molecular flexibility index (Phi) is 7.35. The maximum absolute atomic E-state index is 10.5. The standard InChI is InChI=1S/C13H12O.C7H8O3S/c14-13(11-7-3-1-4-8-11)12-9-5-2-6-10-12;1-10-6-2-4-7(5-3-6)11(8)9/h1-10,13-14H;2-5H,1H3,(H,8,9). The van der Waals surface area contributed by atoms with Crippen molar-refractivity contribution in [3.05, 3.63) is 96.1 Å². The van der Waals surface area contributed by atoms with Gasteiger partial charge in [0, 0.05) is 0 Å². The third-order valence-electron chi connectivity index (χ3n) is 3.49. The molecule has 3 aromatic rings. The van der Waals surface area contributed by atoms with E-state index in [-0.39, 0.29) is 0 Å². The first-order valence-electron chi connectivity index (χ1n) is 7.64. The van der Waals surface area contributed by atoms with E-state index in [1.807, 2.05) is 60.7 Å². The van der Waals surface area contributed by atoms with Gasteiger partial charge in [-0.2, -0.15) is 0 Å². The Morgan fingerprint density at radius 2 is 1.24 bits per heavy atom. The maximum Gasteiger partial charge on any atom is 0.186 e. The van der Waals surface area contributed by atoms with E-state index in [0.29, 0.717) is 10.6 Å². The molecule has 0 aromatic heterocycles. The predicted molar refractivity (Wildman–Crippen MR) is 99.0 cm³/mol. The highest BCUT2D eigenvalue weighted by molar-refractivity contribution is 7.79. The monoisotopic (exact) mass is 356 g/mol. The summed E-state index contributed by atoms with van der Waals surface area (Å²) in [6.45, 7) is 0. The summed E-state index contributed by atoms with van der Waals surface area (Å²) in [6.07, 6.45) is -0.516. The molecule has 0 spiro atoms. The number of aliphatic hydroxyl groups is 1. The first kappa shape index (κ1) is 18.9. The van der Waals surface area contributed by atoms with E-state index in [0.717, 1.165) is 11.1 Å². The van der Waals surface area contributed by atoms with Crippen molar-refractivity contribution in [2.45, 2.75) is 11.0 Å². The minimum Gasteiger partial charge on any atom is -0.497 e. The van der Waals surface area contributed by atoms with E-state index in [4.69, 9.17) is 9.29 Å². The van der Waals surface area contributed by atoms with Crippen molar-refractivity contribution in [3.63, 3.8) is 0 Å². The van der Waals surface area contributed by atoms with Gasteiger partial charge in [0.05, 0.1) is 12.0 Å². The molecule has 0 fully saturated rings. The summed E-state index contributed by atoms with van der Waals surface area (Å²) in [5.41, 5.74) is 1.86. The van der Waals surface area contributed by atoms with Crippen LogP contribution < -0.4 is 4.74 Å². The maximum atomic E-state index is 10.5. The second-order valence-electron chi connectivity index (χ2n) is 5.15. The second-order valence-corrected chi connectivity index (χ2v) is 6.12. The Morgan fingerprint density at radius 3 is 1.60 bits per heavy atom. The van der Waals surface area contributed by atoms with Crippen LogP contribution in [0.3, 0.4) is 0 Å². The van der Waals surface area contributed by atoms with Crippen LogP contribution in [0.4, 0.5) is 0 Å². The van der Waals surface area contributed by atoms with E-state index >= 15 is 0 Å². The van der Waals surface area contributed by atoms with E-state index in [2.05, 4.69) is 0 Å². The van der Waals surface area contributed by atoms with Gasteiger partial charge in [-0.3, -0.25) is 0 Å². The van der Waals surface area contributed by atoms with Crippen molar-refractivity contribution in [3.8, 4) is 5.75 Å². The molecule has 1 atom stereocenters. The van der Waals surface area contributed by atoms with Gasteiger partial charge < -0.3 is 14.4 Å². The van der Waals surface area contributed by atoms with Crippen molar-refractivity contribution in [1.29, 1.82) is 0 Å². The molecule has 4 nitrogen and oxygen atoms in total. The summed E-state index contributed by atoms with van der Waals surface area (Å²) in [5.74, 6) is 0.680. The molecule has 0 amide bonds. The quantitative estimate of drug-likeness (QED) is 0.692. The van der Waals surface area contributed by atoms with Crippen LogP contribution in [0.5, 0.6) is 5.75 Å². The van der Waals surface area contributed by atoms with Gasteiger partial charge in [0.1, 0.15) is 11.9 Å². The van der Waals surface area contributed by atoms with Gasteiger partial charge in [-0.1, -0.05) is 60.7 Å². The van der Waals surface area contributed by atoms with Gasteiger partial charge in [-0.15, -0.1) is 0 Å². The average molecular weight is 356 g/mol. The third kappa shape index (κ3) is 5.83. The number of hydrogen-bond acceptors (Lipinski definition) is 3. The minimum absolute atomic E-state index is 0.380. The van der Waals surface area contributed by atoms with E-state index in [1.54, 1.807) is 31.4 Å². The van der Waals surface area contributed by atoms with Crippen LogP contribution in [0, 0.1) is 0 Å². The molecule has 0 bridgehead atoms. The first-order chi connectivity index (χ1) is 12.1. The number of aliphatic hydroxyl groups excluding tert-OH is 1. The Balaban J connectivity index is 0.000000186. The van der Waals surface area contributed by atoms with E-state index in [9.17, 15) is 9.32 Å². The van der Waals surface area contributed by atoms with Gasteiger partial charge >= 0.3 is 0 Å². The molecule has 0 saturated carbocycles. The van der Waals surface area contributed by atoms with Crippen LogP contribution in [0.25, 0.3) is 0 Å². The third-order valence-corrected chi connectivity index (χ3v) is 4.17. The Labute approximate surface area is 150 Å². The van der Waals surface area contributed by atoms with Gasteiger partial charge in [0.2, 0.25) is 0 Å². The SMILES string of the molecule is COc1ccc(S(=O)O)cc1.OC(c1ccccc1)c1ccccc1. The lowest BCUT2D eigenvalue weighted by Gasteiger charge is -2.10. The molecule has 1 unspecified atom stereocenters. The highest BCUT2D eigenvalue weighted by Gasteiger charge is 2.07. The smallest absolute Gasteiger partial charge is 0.186 e. The Bertz CT molecular complexity index is 734. The highest BCUT2D eigenvalue weighted by atomic mass is 32.2. The topological polar surface area (TPSA) is 66.8 Å². The average Bonchev–Trinajstić information content (AvgIpc) is 2.69. The number of benzene rings is 3. The van der Waals surface area contributed by atoms with Gasteiger partial charge in [-0.05, 0) is 35.4 Å². The Morgan fingerprint density at radius 1 is 0.800 bits per heavy atom. The molecular formula is C20H20O4S. The lowest BCUT2D eigenvalue weighted by molar-refractivity contribution is 0.220. The molecule has 25 heavy (non-hydrogen) atoms. The van der Waals surface area contributed by atoms with Crippen LogP contribution in [-0.2, 0) is 11.1 Å². The molecule has 0 saturated heterocycles. The number of ether oxygens (including phenoxy) is 1. The fourth-order valence-electron chi connectivity index (χ4n) is 2.16. The molecule has 0 radical (unpaired) electrons. The molecule has 5 heteroatoms. The highest BCUT2D eigenvalue weighted by Crippen LogP contribution is 2.20. The van der Waals surface area contributed by atoms with Crippen molar-refractivity contribution >= 4 is 11.1 Å². The van der Waals surface area contributed by atoms with Gasteiger partial charge in [0.25, 0.3) is 0 Å². The summed E-state index contributed by atoms with van der Waals surface area (Å²) >= 11 is -1.89. The molecule has 0 aliphatic rings. The number of rotatable bonds is 4. The van der Waals surface area contributed by atoms with Gasteiger partial charge in [-0.25, -0.2) is 4.21 Å². The fourth-order valence-corrected chi connectivity index (χ4v) is 2.52. The van der Waals surface area contributed by atoms with Gasteiger partial charge in [0.15, 0.2) is 11.1 Å². The van der Waals surface area contributed by atoms with Crippen LogP contribution >= 0.6 is 0 Å². The zero-order valence-electron chi connectivity index (χ0n) is 13.8. The van der Waals surface area contributed by atoms with Crippen molar-refractivity contribution in [2.75, 3.05) is 7.11 Å². The summed E-state index contributed by atoms with van der Waals surface area (Å²) in [7, 11) is 1.55. The summed E-state index contributed by atoms with van der Waals surface area (Å²) in [5, 5.41) is 9.99. The molecule has 130 valence electrons. The molecular weight excluding hydrogens is 336 g/mol. The normalized spacial score (nSPS) is 11.4. The largest absolute Gasteiger partial charge is 0.497 e. The summed E-state index contributed by atoms with van der Waals surface area (Å²) in [6, 6.07) is 25.7. The lowest BCUT2D eigenvalue weighted by Crippen LogP contribution is -1.98. The predicted octanol–water partition coefficient (Wildman–Crippen LogP) is 4.04. The molecule has 0 aliphatic heterocycles. The van der Waals surface area contributed by atoms with E-state index < -0.39 is 17.2 Å². The number of hydrogen-bond donors (Lipinski definition) is 2. The molecule has 0 aliphatic carbocycles. The second kappa shape index (κ2) is 9.74. The zero-order valence-corrected chi connectivity index (χ0v) is 14.6. The van der Waals surface area contributed by atoms with Crippen LogP contribution in [-0.4, -0.2) is 21.0 Å². The number of methoxy groups -OCH3 is 1. The minimum atomic E-state index is -1.89. The van der Waals surface area contributed by atoms with Crippen LogP contribution in [0.15, 0.2) is 89.8 Å². The van der Waals surface area contributed by atoms with Crippen molar-refractivity contribution in [2.24, 2.45) is 0 Å². The van der Waals surface area contributed by atoms with Crippen LogP contribution in [0.2, 0.25) is 0 Å². The molecule has 3 rings (SSSR count). The van der Waals surface area contributed by atoms with Crippen molar-refractivity contribution < 1.29 is 18.6 Å². The fraction of sp³-hybridized carbons (Fsp3) is 0.100. The lowest BCUT2D eigenvalue weighted by atomic mass is 10.0. The molecule has 3 aromatic carbocycles. The van der Waals surface area contributed by atoms with Crippen LogP contribution in [0.1, 0.15) is 17.2 Å². The zero-order chi connectivity index (χ0) is 18.1. The summed E-state index contributed by atoms with van der Waals surface area (Å²) in [4.78, 5) is 0.380.